The monoisotopic (exact) mass is 503 g/mol. The van der Waals surface area contributed by atoms with Crippen LogP contribution in [0.3, 0.4) is 0 Å². The molecule has 10 heteroatoms. The number of hydrogen-bond acceptors (Lipinski definition) is 7. The lowest BCUT2D eigenvalue weighted by Crippen LogP contribution is -2.32. The average molecular weight is 504 g/mol. The number of thiophene rings is 1. The van der Waals surface area contributed by atoms with Crippen molar-refractivity contribution in [2.75, 3.05) is 30.9 Å². The Kier molecular flexibility index (Phi) is 8.78. The molecule has 0 saturated carbocycles. The number of nitrogens with zero attached hydrogens (tertiary/aromatic N) is 1. The Morgan fingerprint density at radius 3 is 2.20 bits per heavy atom. The minimum absolute atomic E-state index is 0.0311. The van der Waals surface area contributed by atoms with E-state index < -0.39 is 30.2 Å². The van der Waals surface area contributed by atoms with E-state index in [2.05, 4.69) is 5.32 Å². The van der Waals surface area contributed by atoms with Crippen molar-refractivity contribution in [3.05, 3.63) is 70.8 Å². The van der Waals surface area contributed by atoms with Crippen LogP contribution in [-0.2, 0) is 22.6 Å². The summed E-state index contributed by atoms with van der Waals surface area (Å²) >= 11 is 1.13. The van der Waals surface area contributed by atoms with E-state index in [9.17, 15) is 18.4 Å². The van der Waals surface area contributed by atoms with Gasteiger partial charge in [0.2, 0.25) is 0 Å². The van der Waals surface area contributed by atoms with Crippen molar-refractivity contribution >= 4 is 34.1 Å². The third-order valence-corrected chi connectivity index (χ3v) is 6.41. The first kappa shape index (κ1) is 26.1. The highest BCUT2D eigenvalue weighted by Crippen LogP contribution is 2.44. The van der Waals surface area contributed by atoms with E-state index >= 15 is 0 Å². The van der Waals surface area contributed by atoms with Gasteiger partial charge in [-0.15, -0.1) is 11.3 Å². The number of carbonyl (C=O) groups excluding carboxylic acids is 2. The minimum Gasteiger partial charge on any atom is -0.462 e. The predicted molar refractivity (Wildman–Crippen MR) is 132 cm³/mol. The number of rotatable bonds is 9. The standard InChI is InChI=1S/C25H27F2N3O4S/c1-4-33-24(31)21-17(13-29-3)22(15-9-11-16(28)12-10-15)35-23(21)30(25(32)34-5-2)14-18-19(26)7-6-8-20(18)27/h6-12,29H,4-5,13-14,28H2,1-3H3. The summed E-state index contributed by atoms with van der Waals surface area (Å²) in [5.41, 5.74) is 7.54. The third-order valence-electron chi connectivity index (χ3n) is 5.11. The number of benzene rings is 2. The van der Waals surface area contributed by atoms with E-state index in [0.717, 1.165) is 33.9 Å². The quantitative estimate of drug-likeness (QED) is 0.303. The molecule has 1 heterocycles. The summed E-state index contributed by atoms with van der Waals surface area (Å²) in [4.78, 5) is 27.9. The molecule has 186 valence electrons. The van der Waals surface area contributed by atoms with E-state index in [0.29, 0.717) is 16.1 Å². The summed E-state index contributed by atoms with van der Waals surface area (Å²) in [6.45, 7) is 3.21. The topological polar surface area (TPSA) is 93.9 Å². The van der Waals surface area contributed by atoms with Crippen LogP contribution in [0.5, 0.6) is 0 Å². The summed E-state index contributed by atoms with van der Waals surface area (Å²) in [7, 11) is 1.72. The average Bonchev–Trinajstić information content (AvgIpc) is 3.19. The molecule has 0 unspecified atom stereocenters. The Morgan fingerprint density at radius 2 is 1.63 bits per heavy atom. The number of esters is 1. The van der Waals surface area contributed by atoms with Crippen molar-refractivity contribution in [3.63, 3.8) is 0 Å². The van der Waals surface area contributed by atoms with Crippen LogP contribution in [0.1, 0.15) is 35.3 Å². The molecule has 0 aliphatic carbocycles. The van der Waals surface area contributed by atoms with Gasteiger partial charge in [-0.2, -0.15) is 0 Å². The normalized spacial score (nSPS) is 10.8. The van der Waals surface area contributed by atoms with Crippen LogP contribution < -0.4 is 16.0 Å². The van der Waals surface area contributed by atoms with Crippen molar-refractivity contribution in [3.8, 4) is 10.4 Å². The molecule has 0 atom stereocenters. The largest absolute Gasteiger partial charge is 0.462 e. The Morgan fingerprint density at radius 1 is 1.00 bits per heavy atom. The fourth-order valence-electron chi connectivity index (χ4n) is 3.53. The molecule has 7 nitrogen and oxygen atoms in total. The molecule has 35 heavy (non-hydrogen) atoms. The lowest BCUT2D eigenvalue weighted by molar-refractivity contribution is 0.0526. The van der Waals surface area contributed by atoms with Gasteiger partial charge in [0.25, 0.3) is 0 Å². The van der Waals surface area contributed by atoms with Gasteiger partial charge in [-0.25, -0.2) is 18.4 Å². The molecule has 2 aromatic carbocycles. The maximum absolute atomic E-state index is 14.5. The Bertz CT molecular complexity index is 1180. The highest BCUT2D eigenvalue weighted by Gasteiger charge is 2.32. The number of halogens is 2. The molecular weight excluding hydrogens is 476 g/mol. The predicted octanol–water partition coefficient (Wildman–Crippen LogP) is 5.33. The highest BCUT2D eigenvalue weighted by atomic mass is 32.1. The van der Waals surface area contributed by atoms with Crippen molar-refractivity contribution < 1.29 is 27.8 Å². The molecule has 3 rings (SSSR count). The van der Waals surface area contributed by atoms with Gasteiger partial charge in [0, 0.05) is 28.2 Å². The van der Waals surface area contributed by atoms with Gasteiger partial charge in [0.1, 0.15) is 16.6 Å². The molecule has 0 fully saturated rings. The zero-order valence-corrected chi connectivity index (χ0v) is 20.5. The van der Waals surface area contributed by atoms with E-state index in [1.165, 1.54) is 6.07 Å². The molecule has 1 aromatic heterocycles. The summed E-state index contributed by atoms with van der Waals surface area (Å²) < 4.78 is 39.6. The zero-order chi connectivity index (χ0) is 25.5. The van der Waals surface area contributed by atoms with Crippen molar-refractivity contribution in [1.82, 2.24) is 5.32 Å². The fraction of sp³-hybridized carbons (Fsp3) is 0.280. The number of carbonyl (C=O) groups is 2. The van der Waals surface area contributed by atoms with E-state index in [4.69, 9.17) is 15.2 Å². The molecule has 0 saturated heterocycles. The Labute approximate surface area is 206 Å². The molecule has 0 bridgehead atoms. The SMILES string of the molecule is CCOC(=O)c1c(N(Cc2c(F)cccc2F)C(=O)OCC)sc(-c2ccc(N)cc2)c1CNC. The van der Waals surface area contributed by atoms with Crippen LogP contribution in [0.2, 0.25) is 0 Å². The van der Waals surface area contributed by atoms with Gasteiger partial charge in [0.15, 0.2) is 0 Å². The minimum atomic E-state index is -0.846. The van der Waals surface area contributed by atoms with Crippen LogP contribution in [0.4, 0.5) is 24.3 Å². The molecule has 1 amide bonds. The number of nitrogen functional groups attached to an aromatic ring is 1. The number of hydrogen-bond donors (Lipinski definition) is 2. The molecule has 3 N–H and O–H groups in total. The zero-order valence-electron chi connectivity index (χ0n) is 19.7. The first-order valence-electron chi connectivity index (χ1n) is 11.0. The van der Waals surface area contributed by atoms with Gasteiger partial charge >= 0.3 is 12.1 Å². The first-order valence-corrected chi connectivity index (χ1v) is 11.8. The van der Waals surface area contributed by atoms with Crippen molar-refractivity contribution in [2.45, 2.75) is 26.9 Å². The Hall–Kier alpha value is -3.50. The lowest BCUT2D eigenvalue weighted by atomic mass is 10.0. The second-order valence-corrected chi connectivity index (χ2v) is 8.45. The van der Waals surface area contributed by atoms with E-state index in [1.807, 2.05) is 0 Å². The van der Waals surface area contributed by atoms with Gasteiger partial charge in [-0.05, 0) is 50.7 Å². The molecule has 0 aliphatic heterocycles. The van der Waals surface area contributed by atoms with Crippen LogP contribution in [0.15, 0.2) is 42.5 Å². The molecule has 3 aromatic rings. The molecular formula is C25H27F2N3O4S. The Balaban J connectivity index is 2.27. The summed E-state index contributed by atoms with van der Waals surface area (Å²) in [5, 5.41) is 3.21. The number of amides is 1. The van der Waals surface area contributed by atoms with Gasteiger partial charge in [0.05, 0.1) is 25.3 Å². The van der Waals surface area contributed by atoms with Crippen LogP contribution >= 0.6 is 11.3 Å². The maximum Gasteiger partial charge on any atom is 0.415 e. The second-order valence-electron chi connectivity index (χ2n) is 7.45. The highest BCUT2D eigenvalue weighted by molar-refractivity contribution is 7.20. The number of nitrogens with one attached hydrogen (secondary N) is 1. The fourth-order valence-corrected chi connectivity index (χ4v) is 4.83. The maximum atomic E-state index is 14.5. The molecule has 0 radical (unpaired) electrons. The summed E-state index contributed by atoms with van der Waals surface area (Å²) in [6.07, 6.45) is -0.846. The van der Waals surface area contributed by atoms with Gasteiger partial charge in [-0.3, -0.25) is 4.90 Å². The van der Waals surface area contributed by atoms with Crippen molar-refractivity contribution in [2.24, 2.45) is 0 Å². The van der Waals surface area contributed by atoms with E-state index in [1.54, 1.807) is 45.2 Å². The van der Waals surface area contributed by atoms with Gasteiger partial charge in [-0.1, -0.05) is 18.2 Å². The number of nitrogens with two attached hydrogens (primary N) is 1. The third kappa shape index (κ3) is 5.77. The summed E-state index contributed by atoms with van der Waals surface area (Å²) in [5.74, 6) is -2.29. The molecule has 0 aliphatic rings. The van der Waals surface area contributed by atoms with Crippen molar-refractivity contribution in [1.29, 1.82) is 0 Å². The first-order chi connectivity index (χ1) is 16.8. The van der Waals surface area contributed by atoms with E-state index in [-0.39, 0.29) is 35.9 Å². The van der Waals surface area contributed by atoms with Crippen LogP contribution in [0, 0.1) is 11.6 Å². The molecule has 0 spiro atoms. The summed E-state index contributed by atoms with van der Waals surface area (Å²) in [6, 6.07) is 10.5. The van der Waals surface area contributed by atoms with Crippen LogP contribution in [0.25, 0.3) is 10.4 Å². The number of ether oxygens (including phenoxy) is 2. The lowest BCUT2D eigenvalue weighted by Gasteiger charge is -2.22. The smallest absolute Gasteiger partial charge is 0.415 e. The van der Waals surface area contributed by atoms with Gasteiger partial charge < -0.3 is 20.5 Å². The number of anilines is 2. The van der Waals surface area contributed by atoms with Crippen LogP contribution in [-0.4, -0.2) is 32.3 Å². The second kappa shape index (κ2) is 11.8.